The number of benzene rings is 1. The summed E-state index contributed by atoms with van der Waals surface area (Å²) in [5.74, 6) is 1.64. The number of nitrogens with one attached hydrogen (secondary N) is 1. The summed E-state index contributed by atoms with van der Waals surface area (Å²) in [6, 6.07) is 5.66. The number of carbonyl (C=O) groups excluding carboxylic acids is 1. The SMILES string of the molecule is COc1cc2nc(-c3[c]cn(C(N)=O)n3)[nH]c2cc1OC. The molecule has 0 saturated heterocycles. The van der Waals surface area contributed by atoms with E-state index in [2.05, 4.69) is 21.1 Å². The number of methoxy groups -OCH3 is 2. The molecule has 0 aliphatic carbocycles. The van der Waals surface area contributed by atoms with E-state index >= 15 is 0 Å². The van der Waals surface area contributed by atoms with Crippen molar-refractivity contribution in [3.05, 3.63) is 24.4 Å². The van der Waals surface area contributed by atoms with Gasteiger partial charge in [0.25, 0.3) is 0 Å². The molecule has 8 heteroatoms. The molecule has 0 fully saturated rings. The molecule has 1 aromatic carbocycles. The summed E-state index contributed by atoms with van der Waals surface area (Å²) in [5.41, 5.74) is 6.96. The molecule has 0 saturated carbocycles. The first-order chi connectivity index (χ1) is 10.1. The molecule has 107 valence electrons. The standard InChI is InChI=1S/C13H12N5O3/c1-20-10-5-8-9(6-11(10)21-2)16-12(15-8)7-3-4-18(17-7)13(14)19/h4-6H,1-2H3,(H2,14,19)(H,15,16). The molecule has 8 nitrogen and oxygen atoms in total. The average Bonchev–Trinajstić information content (AvgIpc) is 3.11. The molecular formula is C13H12N5O3. The number of aromatic amines is 1. The second-order valence-corrected chi connectivity index (χ2v) is 4.21. The number of ether oxygens (including phenoxy) is 2. The predicted octanol–water partition coefficient (Wildman–Crippen LogP) is 1.17. The number of fused-ring (bicyclic) bond motifs is 1. The van der Waals surface area contributed by atoms with Gasteiger partial charge in [0, 0.05) is 24.4 Å². The van der Waals surface area contributed by atoms with Gasteiger partial charge in [-0.1, -0.05) is 0 Å². The van der Waals surface area contributed by atoms with Crippen LogP contribution in [0.3, 0.4) is 0 Å². The molecule has 21 heavy (non-hydrogen) atoms. The van der Waals surface area contributed by atoms with Crippen LogP contribution in [0.25, 0.3) is 22.6 Å². The maximum atomic E-state index is 11.0. The fourth-order valence-corrected chi connectivity index (χ4v) is 1.97. The number of nitrogens with zero attached hydrogens (tertiary/aromatic N) is 3. The van der Waals surface area contributed by atoms with E-state index in [4.69, 9.17) is 15.2 Å². The largest absolute Gasteiger partial charge is 0.493 e. The molecule has 2 aromatic heterocycles. The van der Waals surface area contributed by atoms with Gasteiger partial charge in [-0.05, 0) is 0 Å². The van der Waals surface area contributed by atoms with Gasteiger partial charge in [-0.3, -0.25) is 0 Å². The Hall–Kier alpha value is -3.03. The number of aromatic nitrogens is 4. The summed E-state index contributed by atoms with van der Waals surface area (Å²) >= 11 is 0. The molecular weight excluding hydrogens is 274 g/mol. The Balaban J connectivity index is 2.09. The number of imidazole rings is 1. The molecule has 0 aliphatic heterocycles. The molecule has 0 atom stereocenters. The van der Waals surface area contributed by atoms with E-state index in [9.17, 15) is 4.79 Å². The molecule has 3 aromatic rings. The van der Waals surface area contributed by atoms with Crippen LogP contribution >= 0.6 is 0 Å². The Morgan fingerprint density at radius 1 is 1.33 bits per heavy atom. The number of primary amides is 1. The van der Waals surface area contributed by atoms with Crippen LogP contribution < -0.4 is 15.2 Å². The fourth-order valence-electron chi connectivity index (χ4n) is 1.97. The third-order valence-corrected chi connectivity index (χ3v) is 2.97. The monoisotopic (exact) mass is 286 g/mol. The number of rotatable bonds is 3. The summed E-state index contributed by atoms with van der Waals surface area (Å²) in [4.78, 5) is 18.5. The normalized spacial score (nSPS) is 10.8. The Labute approximate surface area is 119 Å². The van der Waals surface area contributed by atoms with E-state index in [0.717, 1.165) is 10.2 Å². The van der Waals surface area contributed by atoms with Crippen LogP contribution in [0.2, 0.25) is 0 Å². The molecule has 0 spiro atoms. The van der Waals surface area contributed by atoms with Gasteiger partial charge in [-0.15, -0.1) is 0 Å². The first kappa shape index (κ1) is 13.0. The minimum absolute atomic E-state index is 0.392. The number of hydrogen-bond donors (Lipinski definition) is 2. The minimum Gasteiger partial charge on any atom is -0.493 e. The Morgan fingerprint density at radius 3 is 2.67 bits per heavy atom. The highest BCUT2D eigenvalue weighted by Crippen LogP contribution is 2.32. The van der Waals surface area contributed by atoms with Crippen molar-refractivity contribution in [2.24, 2.45) is 5.73 Å². The summed E-state index contributed by atoms with van der Waals surface area (Å²) < 4.78 is 11.5. The lowest BCUT2D eigenvalue weighted by Crippen LogP contribution is -2.19. The predicted molar refractivity (Wildman–Crippen MR) is 74.2 cm³/mol. The quantitative estimate of drug-likeness (QED) is 0.751. The molecule has 0 unspecified atom stereocenters. The van der Waals surface area contributed by atoms with Crippen LogP contribution in [-0.2, 0) is 0 Å². The Bertz CT molecular complexity index is 779. The summed E-state index contributed by atoms with van der Waals surface area (Å²) in [7, 11) is 3.11. The van der Waals surface area contributed by atoms with E-state index in [1.54, 1.807) is 26.4 Å². The third kappa shape index (κ3) is 2.16. The van der Waals surface area contributed by atoms with Crippen molar-refractivity contribution >= 4 is 17.1 Å². The average molecular weight is 286 g/mol. The van der Waals surface area contributed by atoms with Gasteiger partial charge >= 0.3 is 6.03 Å². The second-order valence-electron chi connectivity index (χ2n) is 4.21. The van der Waals surface area contributed by atoms with Crippen molar-refractivity contribution in [3.63, 3.8) is 0 Å². The highest BCUT2D eigenvalue weighted by atomic mass is 16.5. The highest BCUT2D eigenvalue weighted by molar-refractivity contribution is 5.82. The number of nitrogens with two attached hydrogens (primary N) is 1. The number of amides is 1. The molecule has 0 aliphatic rings. The lowest BCUT2D eigenvalue weighted by molar-refractivity contribution is 0.248. The lowest BCUT2D eigenvalue weighted by Gasteiger charge is -2.06. The molecule has 1 radical (unpaired) electrons. The van der Waals surface area contributed by atoms with Gasteiger partial charge in [0.05, 0.1) is 25.3 Å². The Kier molecular flexibility index (Phi) is 2.98. The van der Waals surface area contributed by atoms with Crippen LogP contribution in [-0.4, -0.2) is 40.0 Å². The third-order valence-electron chi connectivity index (χ3n) is 2.97. The minimum atomic E-state index is -0.683. The smallest absolute Gasteiger partial charge is 0.339 e. The topological polar surface area (TPSA) is 108 Å². The zero-order chi connectivity index (χ0) is 15.0. The number of H-pyrrole nitrogens is 1. The van der Waals surface area contributed by atoms with Crippen molar-refractivity contribution in [2.75, 3.05) is 14.2 Å². The van der Waals surface area contributed by atoms with Crippen LogP contribution in [0.4, 0.5) is 4.79 Å². The van der Waals surface area contributed by atoms with Gasteiger partial charge in [-0.25, -0.2) is 9.78 Å². The van der Waals surface area contributed by atoms with Gasteiger partial charge in [0.2, 0.25) is 0 Å². The summed E-state index contributed by atoms with van der Waals surface area (Å²) in [6.07, 6.45) is 1.35. The Morgan fingerprint density at radius 2 is 2.05 bits per heavy atom. The van der Waals surface area contributed by atoms with Crippen molar-refractivity contribution in [2.45, 2.75) is 0 Å². The van der Waals surface area contributed by atoms with Gasteiger partial charge in [0.1, 0.15) is 5.69 Å². The van der Waals surface area contributed by atoms with Gasteiger partial charge in [-0.2, -0.15) is 9.78 Å². The lowest BCUT2D eigenvalue weighted by atomic mass is 10.3. The van der Waals surface area contributed by atoms with Crippen molar-refractivity contribution in [1.29, 1.82) is 0 Å². The van der Waals surface area contributed by atoms with Crippen molar-refractivity contribution < 1.29 is 14.3 Å². The van der Waals surface area contributed by atoms with E-state index < -0.39 is 6.03 Å². The molecule has 0 bridgehead atoms. The van der Waals surface area contributed by atoms with Gasteiger partial charge in [0.15, 0.2) is 17.3 Å². The number of hydrogen-bond acceptors (Lipinski definition) is 5. The van der Waals surface area contributed by atoms with Crippen molar-refractivity contribution in [1.82, 2.24) is 19.7 Å². The maximum absolute atomic E-state index is 11.0. The summed E-state index contributed by atoms with van der Waals surface area (Å²) in [5, 5.41) is 3.99. The fraction of sp³-hybridized carbons (Fsp3) is 0.154. The molecule has 2 heterocycles. The highest BCUT2D eigenvalue weighted by Gasteiger charge is 2.13. The summed E-state index contributed by atoms with van der Waals surface area (Å²) in [6.45, 7) is 0. The number of carbonyl (C=O) groups is 1. The van der Waals surface area contributed by atoms with Gasteiger partial charge < -0.3 is 20.2 Å². The zero-order valence-corrected chi connectivity index (χ0v) is 11.4. The van der Waals surface area contributed by atoms with E-state index in [1.807, 2.05) is 0 Å². The first-order valence-corrected chi connectivity index (χ1v) is 6.01. The second kappa shape index (κ2) is 4.82. The molecule has 3 rings (SSSR count). The van der Waals surface area contributed by atoms with E-state index in [-0.39, 0.29) is 0 Å². The van der Waals surface area contributed by atoms with Crippen molar-refractivity contribution in [3.8, 4) is 23.0 Å². The van der Waals surface area contributed by atoms with Crippen LogP contribution in [0, 0.1) is 6.07 Å². The zero-order valence-electron chi connectivity index (χ0n) is 11.4. The van der Waals surface area contributed by atoms with Crippen LogP contribution in [0.1, 0.15) is 0 Å². The van der Waals surface area contributed by atoms with E-state index in [0.29, 0.717) is 28.5 Å². The van der Waals surface area contributed by atoms with Crippen LogP contribution in [0.15, 0.2) is 18.3 Å². The molecule has 3 N–H and O–H groups in total. The first-order valence-electron chi connectivity index (χ1n) is 6.01. The maximum Gasteiger partial charge on any atom is 0.339 e. The molecule has 1 amide bonds. The van der Waals surface area contributed by atoms with Crippen LogP contribution in [0.5, 0.6) is 11.5 Å². The van der Waals surface area contributed by atoms with E-state index in [1.165, 1.54) is 6.20 Å².